The Kier molecular flexibility index (Phi) is 3.29. The molecule has 0 atom stereocenters. The Hall–Kier alpha value is -2.44. The second-order valence-corrected chi connectivity index (χ2v) is 3.27. The third-order valence-corrected chi connectivity index (χ3v) is 2.06. The average molecular weight is 233 g/mol. The maximum absolute atomic E-state index is 10.7. The van der Waals surface area contributed by atoms with Gasteiger partial charge in [-0.25, -0.2) is 14.8 Å². The fraction of sp³-hybridized carbons (Fsp3) is 0.200. The van der Waals surface area contributed by atoms with E-state index in [-0.39, 0.29) is 5.69 Å². The van der Waals surface area contributed by atoms with E-state index < -0.39 is 5.97 Å². The van der Waals surface area contributed by atoms with Gasteiger partial charge < -0.3 is 10.4 Å². The predicted octanol–water partition coefficient (Wildman–Crippen LogP) is 0.483. The number of carbonyl (C=O) groups is 1. The topological polar surface area (TPSA) is 92.9 Å². The molecule has 0 fully saturated rings. The lowest BCUT2D eigenvalue weighted by Crippen LogP contribution is -2.13. The van der Waals surface area contributed by atoms with E-state index in [1.165, 1.54) is 12.3 Å². The number of aromatic nitrogens is 4. The van der Waals surface area contributed by atoms with Crippen molar-refractivity contribution in [1.29, 1.82) is 0 Å². The molecular weight excluding hydrogens is 222 g/mol. The summed E-state index contributed by atoms with van der Waals surface area (Å²) in [6.45, 7) is 1.23. The number of rotatable bonds is 5. The minimum absolute atomic E-state index is 0.0263. The van der Waals surface area contributed by atoms with E-state index >= 15 is 0 Å². The summed E-state index contributed by atoms with van der Waals surface area (Å²) in [5.74, 6) is -0.764. The van der Waals surface area contributed by atoms with Crippen molar-refractivity contribution in [2.24, 2.45) is 0 Å². The van der Waals surface area contributed by atoms with E-state index in [1.54, 1.807) is 10.9 Å². The molecule has 0 aliphatic rings. The van der Waals surface area contributed by atoms with Crippen molar-refractivity contribution in [3.05, 3.63) is 36.4 Å². The maximum atomic E-state index is 10.7. The lowest BCUT2D eigenvalue weighted by Gasteiger charge is -2.04. The van der Waals surface area contributed by atoms with Crippen LogP contribution in [0.2, 0.25) is 0 Å². The molecule has 0 amide bonds. The lowest BCUT2D eigenvalue weighted by molar-refractivity contribution is 0.0690. The van der Waals surface area contributed by atoms with E-state index in [0.29, 0.717) is 19.0 Å². The Balaban J connectivity index is 1.90. The van der Waals surface area contributed by atoms with Crippen LogP contribution in [0.1, 0.15) is 10.5 Å². The van der Waals surface area contributed by atoms with Gasteiger partial charge in [-0.1, -0.05) is 0 Å². The summed E-state index contributed by atoms with van der Waals surface area (Å²) in [5, 5.41) is 15.7. The third kappa shape index (κ3) is 3.00. The Morgan fingerprint density at radius 3 is 3.06 bits per heavy atom. The Bertz CT molecular complexity index is 497. The van der Waals surface area contributed by atoms with Crippen molar-refractivity contribution in [1.82, 2.24) is 19.7 Å². The van der Waals surface area contributed by atoms with E-state index in [1.807, 2.05) is 12.3 Å². The van der Waals surface area contributed by atoms with Crippen LogP contribution < -0.4 is 5.32 Å². The smallest absolute Gasteiger partial charge is 0.354 e. The number of nitrogens with zero attached hydrogens (tertiary/aromatic N) is 4. The first-order valence-corrected chi connectivity index (χ1v) is 5.03. The van der Waals surface area contributed by atoms with Gasteiger partial charge in [-0.2, -0.15) is 5.10 Å². The monoisotopic (exact) mass is 233 g/mol. The molecule has 2 aromatic heterocycles. The number of anilines is 1. The SMILES string of the molecule is O=C(O)c1ccnc(NCCn2cccn2)n1. The first-order chi connectivity index (χ1) is 8.25. The van der Waals surface area contributed by atoms with Gasteiger partial charge >= 0.3 is 5.97 Å². The lowest BCUT2D eigenvalue weighted by atomic mass is 10.4. The summed E-state index contributed by atoms with van der Waals surface area (Å²) in [6, 6.07) is 3.18. The van der Waals surface area contributed by atoms with Gasteiger partial charge in [-0.3, -0.25) is 4.68 Å². The molecule has 2 aromatic rings. The van der Waals surface area contributed by atoms with Gasteiger partial charge in [0.05, 0.1) is 6.54 Å². The molecule has 2 rings (SSSR count). The standard InChI is InChI=1S/C10H11N5O2/c16-9(17)8-2-4-11-10(14-8)12-5-7-15-6-1-3-13-15/h1-4,6H,5,7H2,(H,16,17)(H,11,12,14). The van der Waals surface area contributed by atoms with Crippen molar-refractivity contribution in [2.45, 2.75) is 6.54 Å². The minimum Gasteiger partial charge on any atom is -0.477 e. The molecular formula is C10H11N5O2. The zero-order chi connectivity index (χ0) is 12.1. The number of aromatic carboxylic acids is 1. The van der Waals surface area contributed by atoms with E-state index in [0.717, 1.165) is 0 Å². The van der Waals surface area contributed by atoms with Crippen molar-refractivity contribution < 1.29 is 9.90 Å². The van der Waals surface area contributed by atoms with Gasteiger partial charge in [0.25, 0.3) is 0 Å². The van der Waals surface area contributed by atoms with Gasteiger partial charge in [0.1, 0.15) is 0 Å². The second-order valence-electron chi connectivity index (χ2n) is 3.27. The largest absolute Gasteiger partial charge is 0.477 e. The molecule has 0 aromatic carbocycles. The van der Waals surface area contributed by atoms with Crippen LogP contribution in [0.4, 0.5) is 5.95 Å². The average Bonchev–Trinajstić information content (AvgIpc) is 2.82. The van der Waals surface area contributed by atoms with E-state index in [9.17, 15) is 4.79 Å². The van der Waals surface area contributed by atoms with Crippen LogP contribution in [-0.2, 0) is 6.54 Å². The third-order valence-electron chi connectivity index (χ3n) is 2.06. The zero-order valence-corrected chi connectivity index (χ0v) is 8.95. The van der Waals surface area contributed by atoms with Gasteiger partial charge in [-0.05, 0) is 12.1 Å². The molecule has 0 saturated heterocycles. The minimum atomic E-state index is -1.07. The molecule has 0 bridgehead atoms. The van der Waals surface area contributed by atoms with Gasteiger partial charge in [0.2, 0.25) is 5.95 Å². The van der Waals surface area contributed by atoms with Crippen LogP contribution in [0.3, 0.4) is 0 Å². The van der Waals surface area contributed by atoms with Crippen LogP contribution in [0, 0.1) is 0 Å². The second kappa shape index (κ2) is 5.06. The summed E-state index contributed by atoms with van der Waals surface area (Å²) in [6.07, 6.45) is 4.95. The van der Waals surface area contributed by atoms with Gasteiger partial charge in [0.15, 0.2) is 5.69 Å². The summed E-state index contributed by atoms with van der Waals surface area (Å²) in [5.41, 5.74) is -0.0263. The van der Waals surface area contributed by atoms with Crippen molar-refractivity contribution in [3.8, 4) is 0 Å². The highest BCUT2D eigenvalue weighted by Crippen LogP contribution is 2.00. The van der Waals surface area contributed by atoms with Gasteiger partial charge in [-0.15, -0.1) is 0 Å². The van der Waals surface area contributed by atoms with Gasteiger partial charge in [0, 0.05) is 25.1 Å². The Morgan fingerprint density at radius 1 is 1.47 bits per heavy atom. The highest BCUT2D eigenvalue weighted by molar-refractivity contribution is 5.85. The zero-order valence-electron chi connectivity index (χ0n) is 8.95. The molecule has 2 N–H and O–H groups in total. The summed E-state index contributed by atoms with van der Waals surface area (Å²) < 4.78 is 1.76. The maximum Gasteiger partial charge on any atom is 0.354 e. The molecule has 88 valence electrons. The summed E-state index contributed by atoms with van der Waals surface area (Å²) in [7, 11) is 0. The molecule has 0 unspecified atom stereocenters. The normalized spacial score (nSPS) is 10.1. The molecule has 7 nitrogen and oxygen atoms in total. The van der Waals surface area contributed by atoms with Crippen LogP contribution in [0.5, 0.6) is 0 Å². The quantitative estimate of drug-likeness (QED) is 0.780. The summed E-state index contributed by atoms with van der Waals surface area (Å²) in [4.78, 5) is 18.4. The van der Waals surface area contributed by atoms with Crippen LogP contribution in [0.15, 0.2) is 30.7 Å². The highest BCUT2D eigenvalue weighted by atomic mass is 16.4. The van der Waals surface area contributed by atoms with Crippen LogP contribution in [0.25, 0.3) is 0 Å². The Morgan fingerprint density at radius 2 is 2.35 bits per heavy atom. The van der Waals surface area contributed by atoms with E-state index in [2.05, 4.69) is 20.4 Å². The summed E-state index contributed by atoms with van der Waals surface area (Å²) >= 11 is 0. The van der Waals surface area contributed by atoms with Crippen molar-refractivity contribution in [2.75, 3.05) is 11.9 Å². The predicted molar refractivity (Wildman–Crippen MR) is 59.7 cm³/mol. The molecule has 0 spiro atoms. The Labute approximate surface area is 97.1 Å². The number of carboxylic acid groups (broad SMARTS) is 1. The molecule has 7 heteroatoms. The fourth-order valence-corrected chi connectivity index (χ4v) is 1.28. The number of carboxylic acids is 1. The molecule has 0 aliphatic heterocycles. The molecule has 17 heavy (non-hydrogen) atoms. The van der Waals surface area contributed by atoms with Crippen LogP contribution >= 0.6 is 0 Å². The number of nitrogens with one attached hydrogen (secondary N) is 1. The van der Waals surface area contributed by atoms with Crippen molar-refractivity contribution in [3.63, 3.8) is 0 Å². The number of hydrogen-bond acceptors (Lipinski definition) is 5. The first kappa shape index (κ1) is 11.1. The van der Waals surface area contributed by atoms with E-state index in [4.69, 9.17) is 5.11 Å². The van der Waals surface area contributed by atoms with Crippen LogP contribution in [-0.4, -0.2) is 37.4 Å². The molecule has 0 saturated carbocycles. The highest BCUT2D eigenvalue weighted by Gasteiger charge is 2.05. The molecule has 0 aliphatic carbocycles. The first-order valence-electron chi connectivity index (χ1n) is 5.03. The molecule has 0 radical (unpaired) electrons. The van der Waals surface area contributed by atoms with Crippen molar-refractivity contribution >= 4 is 11.9 Å². The molecule has 2 heterocycles. The fourth-order valence-electron chi connectivity index (χ4n) is 1.28. The number of hydrogen-bond donors (Lipinski definition) is 2.